The standard InChI is InChI=1S/C21H22N4O4.ClH/c1-14-3-5-16(18(26)9-14)22-20(28)11-24-7-8-25(13-24)12-21(29)23-17-6-4-15(2)10-19(17)27;/h3-10,13H,11-12H2,1-2H3,(H3-,22,23,26,27,28,29);1H. The van der Waals surface area contributed by atoms with Crippen LogP contribution in [0.2, 0.25) is 0 Å². The second-order valence-electron chi connectivity index (χ2n) is 6.90. The summed E-state index contributed by atoms with van der Waals surface area (Å²) in [4.78, 5) is 24.4. The van der Waals surface area contributed by atoms with Crippen LogP contribution in [0.4, 0.5) is 11.4 Å². The van der Waals surface area contributed by atoms with Crippen molar-refractivity contribution in [3.05, 3.63) is 66.2 Å². The maximum absolute atomic E-state index is 12.2. The molecule has 30 heavy (non-hydrogen) atoms. The number of carbonyl (C=O) groups is 2. The summed E-state index contributed by atoms with van der Waals surface area (Å²) in [5.74, 6) is -0.587. The van der Waals surface area contributed by atoms with E-state index in [0.29, 0.717) is 11.4 Å². The minimum atomic E-state index is -0.305. The van der Waals surface area contributed by atoms with Crippen LogP contribution in [0.15, 0.2) is 55.1 Å². The van der Waals surface area contributed by atoms with E-state index in [0.717, 1.165) is 11.1 Å². The first kappa shape index (κ1) is 22.8. The number of aromatic hydroxyl groups is 2. The number of aryl methyl sites for hydroxylation is 2. The number of imidazole rings is 1. The molecular formula is C21H23ClN4O4. The molecule has 0 atom stereocenters. The monoisotopic (exact) mass is 430 g/mol. The van der Waals surface area contributed by atoms with Crippen LogP contribution in [0.5, 0.6) is 11.5 Å². The molecule has 0 aliphatic heterocycles. The number of rotatable bonds is 6. The van der Waals surface area contributed by atoms with Gasteiger partial charge in [0.1, 0.15) is 23.9 Å². The molecule has 0 aliphatic rings. The molecule has 0 radical (unpaired) electrons. The molecule has 0 bridgehead atoms. The number of hydrogen-bond donors (Lipinski definition) is 4. The molecule has 3 rings (SSSR count). The molecule has 4 N–H and O–H groups in total. The number of halogens is 1. The van der Waals surface area contributed by atoms with E-state index < -0.39 is 0 Å². The zero-order valence-electron chi connectivity index (χ0n) is 16.6. The lowest BCUT2D eigenvalue weighted by Crippen LogP contribution is -3.00. The number of nitrogens with one attached hydrogen (secondary N) is 2. The molecule has 3 aromatic rings. The largest absolute Gasteiger partial charge is 1.00 e. The van der Waals surface area contributed by atoms with Crippen molar-refractivity contribution in [1.29, 1.82) is 0 Å². The Labute approximate surface area is 180 Å². The topological polar surface area (TPSA) is 107 Å². The van der Waals surface area contributed by atoms with Gasteiger partial charge >= 0.3 is 0 Å². The number of nitrogens with zero attached hydrogens (tertiary/aromatic N) is 2. The Morgan fingerprint density at radius 2 is 1.47 bits per heavy atom. The number of aromatic nitrogens is 2. The maximum Gasteiger partial charge on any atom is 0.266 e. The van der Waals surface area contributed by atoms with E-state index in [9.17, 15) is 19.8 Å². The molecular weight excluding hydrogens is 408 g/mol. The third kappa shape index (κ3) is 5.99. The van der Waals surface area contributed by atoms with Gasteiger partial charge in [-0.1, -0.05) is 12.1 Å². The Balaban J connectivity index is 0.00000320. The minimum Gasteiger partial charge on any atom is -1.00 e. The molecule has 0 spiro atoms. The first-order valence-electron chi connectivity index (χ1n) is 9.04. The number of benzene rings is 2. The fraction of sp³-hybridized carbons (Fsp3) is 0.190. The van der Waals surface area contributed by atoms with Gasteiger partial charge in [0.15, 0.2) is 13.1 Å². The summed E-state index contributed by atoms with van der Waals surface area (Å²) >= 11 is 0. The lowest BCUT2D eigenvalue weighted by Gasteiger charge is -2.07. The Hall–Kier alpha value is -3.52. The van der Waals surface area contributed by atoms with Gasteiger partial charge in [0.2, 0.25) is 6.33 Å². The van der Waals surface area contributed by atoms with Gasteiger partial charge in [0, 0.05) is 0 Å². The fourth-order valence-electron chi connectivity index (χ4n) is 2.83. The van der Waals surface area contributed by atoms with Crippen molar-refractivity contribution in [1.82, 2.24) is 4.57 Å². The Bertz CT molecular complexity index is 983. The van der Waals surface area contributed by atoms with Gasteiger partial charge < -0.3 is 33.3 Å². The lowest BCUT2D eigenvalue weighted by molar-refractivity contribution is -0.683. The van der Waals surface area contributed by atoms with Gasteiger partial charge in [-0.25, -0.2) is 9.13 Å². The summed E-state index contributed by atoms with van der Waals surface area (Å²) in [7, 11) is 0. The molecule has 9 heteroatoms. The summed E-state index contributed by atoms with van der Waals surface area (Å²) < 4.78 is 3.24. The van der Waals surface area contributed by atoms with Gasteiger partial charge in [-0.3, -0.25) is 9.59 Å². The average molecular weight is 431 g/mol. The maximum atomic E-state index is 12.2. The molecule has 0 unspecified atom stereocenters. The van der Waals surface area contributed by atoms with Crippen LogP contribution in [-0.2, 0) is 22.7 Å². The van der Waals surface area contributed by atoms with E-state index in [1.165, 1.54) is 0 Å². The van der Waals surface area contributed by atoms with Gasteiger partial charge in [-0.15, -0.1) is 0 Å². The van der Waals surface area contributed by atoms with E-state index in [2.05, 4.69) is 10.6 Å². The van der Waals surface area contributed by atoms with Gasteiger partial charge in [-0.05, 0) is 49.2 Å². The Morgan fingerprint density at radius 1 is 0.933 bits per heavy atom. The smallest absolute Gasteiger partial charge is 0.266 e. The normalized spacial score (nSPS) is 10.2. The van der Waals surface area contributed by atoms with Crippen LogP contribution in [-0.4, -0.2) is 26.6 Å². The number of anilines is 2. The second-order valence-corrected chi connectivity index (χ2v) is 6.90. The molecule has 0 saturated carbocycles. The molecule has 8 nitrogen and oxygen atoms in total. The van der Waals surface area contributed by atoms with Crippen LogP contribution in [0, 0.1) is 13.8 Å². The molecule has 1 aromatic heterocycles. The Kier molecular flexibility index (Phi) is 7.43. The van der Waals surface area contributed by atoms with Crippen LogP contribution in [0.25, 0.3) is 0 Å². The highest BCUT2D eigenvalue weighted by atomic mass is 35.5. The molecule has 0 aliphatic carbocycles. The first-order valence-corrected chi connectivity index (χ1v) is 9.04. The molecule has 1 heterocycles. The predicted molar refractivity (Wildman–Crippen MR) is 108 cm³/mol. The van der Waals surface area contributed by atoms with Crippen LogP contribution in [0.1, 0.15) is 11.1 Å². The van der Waals surface area contributed by atoms with Crippen molar-refractivity contribution in [2.75, 3.05) is 10.6 Å². The third-order valence-electron chi connectivity index (χ3n) is 4.25. The lowest BCUT2D eigenvalue weighted by atomic mass is 10.2. The highest BCUT2D eigenvalue weighted by Crippen LogP contribution is 2.24. The van der Waals surface area contributed by atoms with Crippen LogP contribution < -0.4 is 27.6 Å². The summed E-state index contributed by atoms with van der Waals surface area (Å²) in [6.07, 6.45) is 4.97. The van der Waals surface area contributed by atoms with E-state index >= 15 is 0 Å². The summed E-state index contributed by atoms with van der Waals surface area (Å²) in [5, 5.41) is 25.1. The summed E-state index contributed by atoms with van der Waals surface area (Å²) in [6, 6.07) is 10.0. The number of amides is 2. The summed E-state index contributed by atoms with van der Waals surface area (Å²) in [5.41, 5.74) is 2.48. The third-order valence-corrected chi connectivity index (χ3v) is 4.25. The van der Waals surface area contributed by atoms with E-state index in [1.54, 1.807) is 64.3 Å². The minimum absolute atomic E-state index is 0. The van der Waals surface area contributed by atoms with Crippen molar-refractivity contribution in [2.24, 2.45) is 0 Å². The number of carbonyl (C=O) groups excluding carboxylic acids is 2. The predicted octanol–water partition coefficient (Wildman–Crippen LogP) is -0.915. The van der Waals surface area contributed by atoms with Crippen molar-refractivity contribution in [3.63, 3.8) is 0 Å². The van der Waals surface area contributed by atoms with Gasteiger partial charge in [0.05, 0.1) is 11.4 Å². The molecule has 0 saturated heterocycles. The highest BCUT2D eigenvalue weighted by molar-refractivity contribution is 5.92. The van der Waals surface area contributed by atoms with E-state index in [-0.39, 0.29) is 48.8 Å². The highest BCUT2D eigenvalue weighted by Gasteiger charge is 2.14. The second kappa shape index (κ2) is 9.80. The van der Waals surface area contributed by atoms with Crippen LogP contribution in [0.3, 0.4) is 0 Å². The average Bonchev–Trinajstić information content (AvgIpc) is 3.06. The quantitative estimate of drug-likeness (QED) is 0.300. The van der Waals surface area contributed by atoms with Crippen molar-refractivity contribution < 1.29 is 36.8 Å². The summed E-state index contributed by atoms with van der Waals surface area (Å²) in [6.45, 7) is 3.75. The zero-order valence-corrected chi connectivity index (χ0v) is 17.3. The van der Waals surface area contributed by atoms with Crippen molar-refractivity contribution >= 4 is 23.2 Å². The van der Waals surface area contributed by atoms with Crippen molar-refractivity contribution in [3.8, 4) is 11.5 Å². The zero-order chi connectivity index (χ0) is 21.0. The SMILES string of the molecule is Cc1ccc(NC(=O)Cn2cc[n+](CC(=O)Nc3ccc(C)cc3O)c2)c(O)c1.[Cl-]. The van der Waals surface area contributed by atoms with E-state index in [4.69, 9.17) is 0 Å². The first-order chi connectivity index (χ1) is 13.8. The van der Waals surface area contributed by atoms with Gasteiger partial charge in [-0.2, -0.15) is 0 Å². The number of phenols is 2. The van der Waals surface area contributed by atoms with E-state index in [1.807, 2.05) is 13.8 Å². The fourth-order valence-corrected chi connectivity index (χ4v) is 2.83. The van der Waals surface area contributed by atoms with Gasteiger partial charge in [0.25, 0.3) is 11.8 Å². The molecule has 2 amide bonds. The number of phenolic OH excluding ortho intramolecular Hbond substituents is 2. The van der Waals surface area contributed by atoms with Crippen molar-refractivity contribution in [2.45, 2.75) is 26.9 Å². The van der Waals surface area contributed by atoms with Crippen LogP contribution >= 0.6 is 0 Å². The molecule has 158 valence electrons. The Morgan fingerprint density at radius 3 is 2.00 bits per heavy atom. The number of hydrogen-bond acceptors (Lipinski definition) is 4. The molecule has 2 aromatic carbocycles. The molecule has 0 fully saturated rings.